The summed E-state index contributed by atoms with van der Waals surface area (Å²) in [5, 5.41) is 20.4. The van der Waals surface area contributed by atoms with Crippen LogP contribution < -0.4 is 5.32 Å². The quantitative estimate of drug-likeness (QED) is 0.579. The number of nitrogens with one attached hydrogen (secondary N) is 1. The molecule has 0 aliphatic carbocycles. The highest BCUT2D eigenvalue weighted by molar-refractivity contribution is 6.35. The number of nitrogens with zero attached hydrogens (tertiary/aromatic N) is 1. The fourth-order valence-corrected chi connectivity index (χ4v) is 2.16. The van der Waals surface area contributed by atoms with Crippen LogP contribution in [0, 0.1) is 0 Å². The van der Waals surface area contributed by atoms with Gasteiger partial charge < -0.3 is 20.4 Å². The average Bonchev–Trinajstić information content (AvgIpc) is 2.36. The van der Waals surface area contributed by atoms with Gasteiger partial charge in [-0.25, -0.2) is 0 Å². The molecule has 0 aromatic rings. The van der Waals surface area contributed by atoms with Gasteiger partial charge in [0.2, 0.25) is 0 Å². The molecule has 0 bridgehead atoms. The number of piperidine rings is 1. The van der Waals surface area contributed by atoms with Crippen molar-refractivity contribution in [2.75, 3.05) is 19.7 Å². The van der Waals surface area contributed by atoms with Crippen molar-refractivity contribution in [2.45, 2.75) is 44.8 Å². The Bertz CT molecular complexity index is 292. The number of hydrogen-bond donors (Lipinski definition) is 3. The van der Waals surface area contributed by atoms with Crippen molar-refractivity contribution in [3.8, 4) is 0 Å². The monoisotopic (exact) mass is 258 g/mol. The third-order valence-electron chi connectivity index (χ3n) is 3.10. The van der Waals surface area contributed by atoms with E-state index < -0.39 is 17.9 Å². The van der Waals surface area contributed by atoms with Crippen LogP contribution in [0.2, 0.25) is 0 Å². The molecule has 2 amide bonds. The Morgan fingerprint density at radius 3 is 2.78 bits per heavy atom. The molecule has 0 saturated carbocycles. The molecule has 0 aromatic heterocycles. The van der Waals surface area contributed by atoms with E-state index in [1.165, 1.54) is 4.90 Å². The maximum atomic E-state index is 11.9. The Morgan fingerprint density at radius 1 is 1.44 bits per heavy atom. The SMILES string of the molecule is CC(O)CNC(=O)C(=O)N1CCCCC1CCO. The fourth-order valence-electron chi connectivity index (χ4n) is 2.16. The molecular formula is C12H22N2O4. The number of hydrogen-bond acceptors (Lipinski definition) is 4. The van der Waals surface area contributed by atoms with Gasteiger partial charge in [0, 0.05) is 25.7 Å². The van der Waals surface area contributed by atoms with E-state index >= 15 is 0 Å². The maximum Gasteiger partial charge on any atom is 0.312 e. The number of carbonyl (C=O) groups excluding carboxylic acids is 2. The summed E-state index contributed by atoms with van der Waals surface area (Å²) in [6, 6.07) is -0.0476. The Hall–Kier alpha value is -1.14. The molecular weight excluding hydrogens is 236 g/mol. The molecule has 1 saturated heterocycles. The number of likely N-dealkylation sites (tertiary alicyclic amines) is 1. The van der Waals surface area contributed by atoms with Gasteiger partial charge in [-0.15, -0.1) is 0 Å². The van der Waals surface area contributed by atoms with Gasteiger partial charge in [0.25, 0.3) is 0 Å². The van der Waals surface area contributed by atoms with Crippen LogP contribution in [0.25, 0.3) is 0 Å². The van der Waals surface area contributed by atoms with E-state index in [2.05, 4.69) is 5.32 Å². The van der Waals surface area contributed by atoms with E-state index in [9.17, 15) is 9.59 Å². The van der Waals surface area contributed by atoms with E-state index in [0.717, 1.165) is 19.3 Å². The maximum absolute atomic E-state index is 11.9. The van der Waals surface area contributed by atoms with Gasteiger partial charge in [0.05, 0.1) is 6.10 Å². The smallest absolute Gasteiger partial charge is 0.312 e. The summed E-state index contributed by atoms with van der Waals surface area (Å²) in [5.74, 6) is -1.24. The lowest BCUT2D eigenvalue weighted by Crippen LogP contribution is -2.51. The Balaban J connectivity index is 2.54. The van der Waals surface area contributed by atoms with Gasteiger partial charge in [0.15, 0.2) is 0 Å². The molecule has 3 N–H and O–H groups in total. The van der Waals surface area contributed by atoms with Crippen molar-refractivity contribution in [3.63, 3.8) is 0 Å². The summed E-state index contributed by atoms with van der Waals surface area (Å²) < 4.78 is 0. The molecule has 1 rings (SSSR count). The Kier molecular flexibility index (Phi) is 6.07. The molecule has 1 heterocycles. The first-order valence-corrected chi connectivity index (χ1v) is 6.44. The van der Waals surface area contributed by atoms with E-state index in [0.29, 0.717) is 13.0 Å². The van der Waals surface area contributed by atoms with E-state index in [4.69, 9.17) is 10.2 Å². The lowest BCUT2D eigenvalue weighted by atomic mass is 9.99. The van der Waals surface area contributed by atoms with Crippen molar-refractivity contribution < 1.29 is 19.8 Å². The largest absolute Gasteiger partial charge is 0.396 e. The van der Waals surface area contributed by atoms with Crippen LogP contribution in [0.3, 0.4) is 0 Å². The van der Waals surface area contributed by atoms with Gasteiger partial charge in [0.1, 0.15) is 0 Å². The summed E-state index contributed by atoms with van der Waals surface area (Å²) >= 11 is 0. The number of aliphatic hydroxyl groups excluding tert-OH is 2. The Morgan fingerprint density at radius 2 is 2.17 bits per heavy atom. The van der Waals surface area contributed by atoms with Gasteiger partial charge >= 0.3 is 11.8 Å². The normalized spacial score (nSPS) is 21.5. The topological polar surface area (TPSA) is 89.9 Å². The minimum atomic E-state index is -0.680. The molecule has 1 aliphatic rings. The molecule has 104 valence electrons. The van der Waals surface area contributed by atoms with Crippen molar-refractivity contribution in [1.29, 1.82) is 0 Å². The van der Waals surface area contributed by atoms with E-state index in [1.54, 1.807) is 6.92 Å². The fraction of sp³-hybridized carbons (Fsp3) is 0.833. The predicted octanol–water partition coefficient (Wildman–Crippen LogP) is -0.753. The van der Waals surface area contributed by atoms with E-state index in [-0.39, 0.29) is 19.2 Å². The summed E-state index contributed by atoms with van der Waals surface area (Å²) in [7, 11) is 0. The van der Waals surface area contributed by atoms with Crippen LogP contribution in [0.4, 0.5) is 0 Å². The molecule has 1 aliphatic heterocycles. The number of amides is 2. The third-order valence-corrected chi connectivity index (χ3v) is 3.10. The molecule has 1 fully saturated rings. The van der Waals surface area contributed by atoms with Gasteiger partial charge in [-0.2, -0.15) is 0 Å². The van der Waals surface area contributed by atoms with Crippen LogP contribution in [-0.4, -0.2) is 58.8 Å². The molecule has 0 spiro atoms. The molecule has 0 radical (unpaired) electrons. The minimum Gasteiger partial charge on any atom is -0.396 e. The number of rotatable bonds is 4. The van der Waals surface area contributed by atoms with Crippen molar-refractivity contribution in [3.05, 3.63) is 0 Å². The molecule has 0 aromatic carbocycles. The number of aliphatic hydroxyl groups is 2. The van der Waals surface area contributed by atoms with Crippen LogP contribution in [0.1, 0.15) is 32.6 Å². The summed E-state index contributed by atoms with van der Waals surface area (Å²) in [6.07, 6.45) is 2.57. The third kappa shape index (κ3) is 4.27. The highest BCUT2D eigenvalue weighted by atomic mass is 16.3. The first-order chi connectivity index (χ1) is 8.56. The predicted molar refractivity (Wildman–Crippen MR) is 65.7 cm³/mol. The molecule has 2 unspecified atom stereocenters. The number of carbonyl (C=O) groups is 2. The Labute approximate surface area is 107 Å². The lowest BCUT2D eigenvalue weighted by molar-refractivity contribution is -0.148. The second-order valence-corrected chi connectivity index (χ2v) is 4.72. The highest BCUT2D eigenvalue weighted by Crippen LogP contribution is 2.19. The molecule has 6 nitrogen and oxygen atoms in total. The zero-order valence-electron chi connectivity index (χ0n) is 10.8. The van der Waals surface area contributed by atoms with Crippen molar-refractivity contribution in [2.24, 2.45) is 0 Å². The van der Waals surface area contributed by atoms with Crippen LogP contribution in [0.15, 0.2) is 0 Å². The van der Waals surface area contributed by atoms with E-state index in [1.807, 2.05) is 0 Å². The minimum absolute atomic E-state index is 0.0176. The summed E-state index contributed by atoms with van der Waals surface area (Å²) in [4.78, 5) is 25.1. The lowest BCUT2D eigenvalue weighted by Gasteiger charge is -2.35. The molecule has 2 atom stereocenters. The van der Waals surface area contributed by atoms with Gasteiger partial charge in [-0.3, -0.25) is 9.59 Å². The summed E-state index contributed by atoms with van der Waals surface area (Å²) in [6.45, 7) is 2.19. The zero-order valence-corrected chi connectivity index (χ0v) is 10.8. The van der Waals surface area contributed by atoms with Gasteiger partial charge in [-0.05, 0) is 32.6 Å². The van der Waals surface area contributed by atoms with Crippen molar-refractivity contribution >= 4 is 11.8 Å². The summed E-state index contributed by atoms with van der Waals surface area (Å²) in [5.41, 5.74) is 0. The average molecular weight is 258 g/mol. The first-order valence-electron chi connectivity index (χ1n) is 6.44. The molecule has 6 heteroatoms. The van der Waals surface area contributed by atoms with Crippen LogP contribution in [0.5, 0.6) is 0 Å². The first kappa shape index (κ1) is 14.9. The standard InChI is InChI=1S/C12H22N2O4/c1-9(16)8-13-11(17)12(18)14-6-3-2-4-10(14)5-7-15/h9-10,15-16H,2-8H2,1H3,(H,13,17). The van der Waals surface area contributed by atoms with Crippen LogP contribution >= 0.6 is 0 Å². The molecule has 18 heavy (non-hydrogen) atoms. The van der Waals surface area contributed by atoms with Crippen molar-refractivity contribution in [1.82, 2.24) is 10.2 Å². The second-order valence-electron chi connectivity index (χ2n) is 4.72. The van der Waals surface area contributed by atoms with Crippen LogP contribution in [-0.2, 0) is 9.59 Å². The highest BCUT2D eigenvalue weighted by Gasteiger charge is 2.30. The zero-order chi connectivity index (χ0) is 13.5. The second kappa shape index (κ2) is 7.33. The van der Waals surface area contributed by atoms with Gasteiger partial charge in [-0.1, -0.05) is 0 Å².